The number of carboxylic acid groups (broad SMARTS) is 1. The monoisotopic (exact) mass is 381 g/mol. The van der Waals surface area contributed by atoms with E-state index in [1.165, 1.54) is 35.9 Å². The maximum absolute atomic E-state index is 11.5. The SMILES string of the molecule is C=N/C=C(NC[C@@H]1CCCc2cc(N(C)CC3CC3)ccc21)\C(=C/C)C(=O)O. The van der Waals surface area contributed by atoms with E-state index in [1.54, 1.807) is 13.0 Å². The van der Waals surface area contributed by atoms with E-state index in [0.29, 0.717) is 18.2 Å². The quantitative estimate of drug-likeness (QED) is 0.384. The molecule has 0 unspecified atom stereocenters. The summed E-state index contributed by atoms with van der Waals surface area (Å²) >= 11 is 0. The van der Waals surface area contributed by atoms with Gasteiger partial charge in [-0.25, -0.2) is 4.79 Å². The van der Waals surface area contributed by atoms with Crippen LogP contribution in [0.2, 0.25) is 0 Å². The van der Waals surface area contributed by atoms with Crippen LogP contribution < -0.4 is 10.2 Å². The van der Waals surface area contributed by atoms with Crippen molar-refractivity contribution in [2.75, 3.05) is 25.0 Å². The van der Waals surface area contributed by atoms with Crippen molar-refractivity contribution in [3.8, 4) is 0 Å². The molecule has 0 amide bonds. The normalized spacial score (nSPS) is 19.7. The lowest BCUT2D eigenvalue weighted by Gasteiger charge is -2.29. The van der Waals surface area contributed by atoms with E-state index < -0.39 is 5.97 Å². The summed E-state index contributed by atoms with van der Waals surface area (Å²) in [7, 11) is 2.19. The van der Waals surface area contributed by atoms with Gasteiger partial charge in [-0.15, -0.1) is 0 Å². The number of nitrogens with zero attached hydrogens (tertiary/aromatic N) is 2. The second-order valence-electron chi connectivity index (χ2n) is 7.91. The summed E-state index contributed by atoms with van der Waals surface area (Å²) in [6.07, 6.45) is 9.18. The lowest BCUT2D eigenvalue weighted by atomic mass is 9.82. The molecular formula is C23H31N3O2. The van der Waals surface area contributed by atoms with Crippen LogP contribution in [0.5, 0.6) is 0 Å². The molecule has 1 fully saturated rings. The molecule has 0 saturated heterocycles. The molecule has 3 rings (SSSR count). The number of hydrogen-bond donors (Lipinski definition) is 2. The highest BCUT2D eigenvalue weighted by atomic mass is 16.4. The van der Waals surface area contributed by atoms with Gasteiger partial charge in [0.2, 0.25) is 0 Å². The molecule has 0 aromatic heterocycles. The van der Waals surface area contributed by atoms with Crippen molar-refractivity contribution >= 4 is 18.4 Å². The summed E-state index contributed by atoms with van der Waals surface area (Å²) in [5.74, 6) is 0.278. The van der Waals surface area contributed by atoms with E-state index in [-0.39, 0.29) is 5.57 Å². The Morgan fingerprint density at radius 2 is 2.18 bits per heavy atom. The largest absolute Gasteiger partial charge is 0.478 e. The van der Waals surface area contributed by atoms with Crippen molar-refractivity contribution in [3.63, 3.8) is 0 Å². The van der Waals surface area contributed by atoms with Crippen LogP contribution in [0.4, 0.5) is 5.69 Å². The van der Waals surface area contributed by atoms with E-state index in [9.17, 15) is 9.90 Å². The van der Waals surface area contributed by atoms with Crippen LogP contribution in [0.1, 0.15) is 49.7 Å². The number of hydrogen-bond acceptors (Lipinski definition) is 4. The molecule has 0 spiro atoms. The number of aryl methyl sites for hydroxylation is 1. The van der Waals surface area contributed by atoms with Gasteiger partial charge in [0.1, 0.15) is 0 Å². The van der Waals surface area contributed by atoms with Crippen LogP contribution >= 0.6 is 0 Å². The Morgan fingerprint density at radius 1 is 1.39 bits per heavy atom. The molecule has 1 saturated carbocycles. The fourth-order valence-electron chi connectivity index (χ4n) is 4.07. The predicted octanol–water partition coefficient (Wildman–Crippen LogP) is 4.12. The van der Waals surface area contributed by atoms with Crippen LogP contribution in [-0.4, -0.2) is 37.9 Å². The van der Waals surface area contributed by atoms with Crippen LogP contribution in [0.25, 0.3) is 0 Å². The number of aliphatic imine (C=N–C) groups is 1. The van der Waals surface area contributed by atoms with Gasteiger partial charge in [0.15, 0.2) is 0 Å². The van der Waals surface area contributed by atoms with Gasteiger partial charge < -0.3 is 15.3 Å². The molecule has 1 aromatic rings. The maximum atomic E-state index is 11.5. The number of benzene rings is 1. The number of carbonyl (C=O) groups is 1. The van der Waals surface area contributed by atoms with Gasteiger partial charge in [0, 0.05) is 31.7 Å². The van der Waals surface area contributed by atoms with Crippen LogP contribution in [0.3, 0.4) is 0 Å². The Bertz CT molecular complexity index is 793. The van der Waals surface area contributed by atoms with Crippen molar-refractivity contribution in [2.24, 2.45) is 10.9 Å². The molecule has 0 aliphatic heterocycles. The second kappa shape index (κ2) is 9.09. The Kier molecular flexibility index (Phi) is 6.55. The summed E-state index contributed by atoms with van der Waals surface area (Å²) in [6, 6.07) is 6.85. The van der Waals surface area contributed by atoms with E-state index in [0.717, 1.165) is 31.7 Å². The van der Waals surface area contributed by atoms with Crippen molar-refractivity contribution in [1.82, 2.24) is 5.32 Å². The highest BCUT2D eigenvalue weighted by Crippen LogP contribution is 2.35. The van der Waals surface area contributed by atoms with Gasteiger partial charge in [-0.1, -0.05) is 12.1 Å². The smallest absolute Gasteiger partial charge is 0.337 e. The van der Waals surface area contributed by atoms with Crippen molar-refractivity contribution in [2.45, 2.75) is 44.9 Å². The third-order valence-corrected chi connectivity index (χ3v) is 5.80. The first kappa shape index (κ1) is 20.2. The molecule has 2 aliphatic carbocycles. The third-order valence-electron chi connectivity index (χ3n) is 5.80. The average molecular weight is 382 g/mol. The molecule has 5 nitrogen and oxygen atoms in total. The van der Waals surface area contributed by atoms with E-state index in [4.69, 9.17) is 0 Å². The molecule has 28 heavy (non-hydrogen) atoms. The van der Waals surface area contributed by atoms with Crippen LogP contribution in [-0.2, 0) is 11.2 Å². The summed E-state index contributed by atoms with van der Waals surface area (Å²) < 4.78 is 0. The summed E-state index contributed by atoms with van der Waals surface area (Å²) in [5.41, 5.74) is 4.84. The number of nitrogens with one attached hydrogen (secondary N) is 1. The topological polar surface area (TPSA) is 64.9 Å². The minimum Gasteiger partial charge on any atom is -0.478 e. The van der Waals surface area contributed by atoms with Gasteiger partial charge >= 0.3 is 5.97 Å². The number of carboxylic acids is 1. The molecule has 0 heterocycles. The van der Waals surface area contributed by atoms with E-state index in [1.807, 2.05) is 0 Å². The van der Waals surface area contributed by atoms with Gasteiger partial charge in [-0.2, -0.15) is 0 Å². The average Bonchev–Trinajstić information content (AvgIpc) is 3.49. The van der Waals surface area contributed by atoms with E-state index >= 15 is 0 Å². The number of aliphatic carboxylic acids is 1. The first-order chi connectivity index (χ1) is 13.5. The zero-order valence-corrected chi connectivity index (χ0v) is 16.9. The standard InChI is InChI=1S/C23H31N3O2/c1-4-20(23(27)28)22(14-24-2)25-13-18-7-5-6-17-12-19(10-11-21(17)18)26(3)15-16-8-9-16/h4,10-12,14,16,18,25H,2,5-9,13,15H2,1,3H3,(H,27,28)/b20-4+,22-14+/t18-/m0/s1. The molecule has 1 aromatic carbocycles. The lowest BCUT2D eigenvalue weighted by Crippen LogP contribution is -2.27. The third kappa shape index (κ3) is 4.83. The predicted molar refractivity (Wildman–Crippen MR) is 115 cm³/mol. The van der Waals surface area contributed by atoms with Crippen LogP contribution in [0, 0.1) is 5.92 Å². The summed E-state index contributed by atoms with van der Waals surface area (Å²) in [6.45, 7) is 7.02. The molecule has 150 valence electrons. The molecular weight excluding hydrogens is 350 g/mol. The number of fused-ring (bicyclic) bond motifs is 1. The van der Waals surface area contributed by atoms with E-state index in [2.05, 4.69) is 47.2 Å². The Hall–Kier alpha value is -2.56. The highest BCUT2D eigenvalue weighted by Gasteiger charge is 2.25. The van der Waals surface area contributed by atoms with Crippen molar-refractivity contribution in [3.05, 3.63) is 52.9 Å². The number of anilines is 1. The maximum Gasteiger partial charge on any atom is 0.337 e. The summed E-state index contributed by atoms with van der Waals surface area (Å²) in [5, 5.41) is 12.7. The molecule has 2 N–H and O–H groups in total. The molecule has 2 aliphatic rings. The minimum absolute atomic E-state index is 0.223. The fourth-order valence-corrected chi connectivity index (χ4v) is 4.07. The zero-order valence-electron chi connectivity index (χ0n) is 16.9. The minimum atomic E-state index is -0.961. The Labute approximate surface area is 167 Å². The Balaban J connectivity index is 1.71. The van der Waals surface area contributed by atoms with Crippen LogP contribution in [0.15, 0.2) is 46.7 Å². The van der Waals surface area contributed by atoms with Crippen molar-refractivity contribution in [1.29, 1.82) is 0 Å². The molecule has 1 atom stereocenters. The zero-order chi connectivity index (χ0) is 20.1. The van der Waals surface area contributed by atoms with Gasteiger partial charge in [0.25, 0.3) is 0 Å². The van der Waals surface area contributed by atoms with Gasteiger partial charge in [0.05, 0.1) is 17.5 Å². The number of allylic oxidation sites excluding steroid dienone is 1. The van der Waals surface area contributed by atoms with Crippen molar-refractivity contribution < 1.29 is 9.90 Å². The molecule has 5 heteroatoms. The molecule has 0 bridgehead atoms. The number of rotatable bonds is 9. The summed E-state index contributed by atoms with van der Waals surface area (Å²) in [4.78, 5) is 17.6. The molecule has 0 radical (unpaired) electrons. The Morgan fingerprint density at radius 3 is 2.82 bits per heavy atom. The second-order valence-corrected chi connectivity index (χ2v) is 7.91. The first-order valence-corrected chi connectivity index (χ1v) is 10.2. The highest BCUT2D eigenvalue weighted by molar-refractivity contribution is 5.91. The lowest BCUT2D eigenvalue weighted by molar-refractivity contribution is -0.132. The van der Waals surface area contributed by atoms with Gasteiger partial charge in [-0.05, 0) is 74.9 Å². The first-order valence-electron chi connectivity index (χ1n) is 10.2. The fraction of sp³-hybridized carbons (Fsp3) is 0.478. The van der Waals surface area contributed by atoms with Gasteiger partial charge in [-0.3, -0.25) is 4.99 Å².